The molecule has 0 radical (unpaired) electrons. The van der Waals surface area contributed by atoms with Crippen molar-refractivity contribution in [1.29, 1.82) is 0 Å². The first-order valence-corrected chi connectivity index (χ1v) is 9.92. The largest absolute Gasteiger partial charge is 0.336 e. The zero-order valence-electron chi connectivity index (χ0n) is 17.2. The van der Waals surface area contributed by atoms with Crippen LogP contribution in [-0.4, -0.2) is 34.3 Å². The predicted octanol–water partition coefficient (Wildman–Crippen LogP) is 4.42. The number of aromatic nitrogens is 1. The first kappa shape index (κ1) is 20.5. The van der Waals surface area contributed by atoms with E-state index >= 15 is 0 Å². The number of benzene rings is 2. The Labute approximate surface area is 172 Å². The van der Waals surface area contributed by atoms with Gasteiger partial charge < -0.3 is 9.80 Å². The van der Waals surface area contributed by atoms with Crippen molar-refractivity contribution in [1.82, 2.24) is 9.88 Å². The summed E-state index contributed by atoms with van der Waals surface area (Å²) >= 11 is 0. The molecule has 5 heteroatoms. The van der Waals surface area contributed by atoms with Gasteiger partial charge in [0.25, 0.3) is 0 Å². The minimum absolute atomic E-state index is 0.0308. The number of amides is 2. The molecule has 0 saturated heterocycles. The monoisotopic (exact) mass is 389 g/mol. The number of rotatable bonds is 7. The highest BCUT2D eigenvalue weighted by atomic mass is 16.2. The second-order valence-corrected chi connectivity index (χ2v) is 7.37. The quantitative estimate of drug-likeness (QED) is 0.601. The maximum Gasteiger partial charge on any atom is 0.224 e. The Morgan fingerprint density at radius 3 is 2.38 bits per heavy atom. The van der Waals surface area contributed by atoms with Crippen LogP contribution in [0.4, 0.5) is 5.69 Å². The Hall–Kier alpha value is -3.21. The van der Waals surface area contributed by atoms with Crippen molar-refractivity contribution in [2.45, 2.75) is 39.8 Å². The number of carbonyl (C=O) groups excluding carboxylic acids is 2. The van der Waals surface area contributed by atoms with Crippen molar-refractivity contribution in [3.8, 4) is 0 Å². The first-order valence-electron chi connectivity index (χ1n) is 9.92. The van der Waals surface area contributed by atoms with E-state index in [2.05, 4.69) is 4.98 Å². The average molecular weight is 389 g/mol. The molecule has 0 fully saturated rings. The summed E-state index contributed by atoms with van der Waals surface area (Å²) < 4.78 is 0. The fraction of sp³-hybridized carbons (Fsp3) is 0.292. The fourth-order valence-electron chi connectivity index (χ4n) is 3.44. The molecule has 5 nitrogen and oxygen atoms in total. The SMILES string of the molecule is CC(=O)N(CCC(=O)N(Cc1ccccc1)C(C)C)c1cccc2cccnc12. The van der Waals surface area contributed by atoms with Crippen LogP contribution in [0.3, 0.4) is 0 Å². The molecular weight excluding hydrogens is 362 g/mol. The highest BCUT2D eigenvalue weighted by molar-refractivity contribution is 6.01. The number of para-hydroxylation sites is 1. The minimum atomic E-state index is -0.102. The molecule has 2 amide bonds. The lowest BCUT2D eigenvalue weighted by Crippen LogP contribution is -2.39. The fourth-order valence-corrected chi connectivity index (χ4v) is 3.44. The van der Waals surface area contributed by atoms with Crippen LogP contribution in [0.15, 0.2) is 66.9 Å². The summed E-state index contributed by atoms with van der Waals surface area (Å²) in [7, 11) is 0. The summed E-state index contributed by atoms with van der Waals surface area (Å²) in [6, 6.07) is 19.6. The number of hydrogen-bond donors (Lipinski definition) is 0. The third kappa shape index (κ3) is 4.99. The Morgan fingerprint density at radius 2 is 1.69 bits per heavy atom. The van der Waals surface area contributed by atoms with Crippen LogP contribution >= 0.6 is 0 Å². The molecule has 0 aliphatic rings. The van der Waals surface area contributed by atoms with Crippen LogP contribution in [0.2, 0.25) is 0 Å². The van der Waals surface area contributed by atoms with E-state index in [0.717, 1.165) is 22.2 Å². The second kappa shape index (κ2) is 9.32. The summed E-state index contributed by atoms with van der Waals surface area (Å²) in [5, 5.41) is 0.968. The maximum atomic E-state index is 13.0. The zero-order chi connectivity index (χ0) is 20.8. The summed E-state index contributed by atoms with van der Waals surface area (Å²) in [5.74, 6) is -0.0709. The van der Waals surface area contributed by atoms with Crippen LogP contribution in [0.25, 0.3) is 10.9 Å². The molecule has 0 aliphatic heterocycles. The topological polar surface area (TPSA) is 53.5 Å². The molecule has 1 aromatic heterocycles. The summed E-state index contributed by atoms with van der Waals surface area (Å²) in [6.45, 7) is 6.43. The van der Waals surface area contributed by atoms with E-state index in [-0.39, 0.29) is 24.3 Å². The van der Waals surface area contributed by atoms with Crippen LogP contribution in [0, 0.1) is 0 Å². The summed E-state index contributed by atoms with van der Waals surface area (Å²) in [6.07, 6.45) is 1.98. The third-order valence-electron chi connectivity index (χ3n) is 4.97. The Morgan fingerprint density at radius 1 is 0.966 bits per heavy atom. The number of nitrogens with zero attached hydrogens (tertiary/aromatic N) is 3. The van der Waals surface area contributed by atoms with E-state index in [9.17, 15) is 9.59 Å². The average Bonchev–Trinajstić information content (AvgIpc) is 2.72. The Kier molecular flexibility index (Phi) is 6.60. The van der Waals surface area contributed by atoms with Gasteiger partial charge in [0.05, 0.1) is 11.2 Å². The van der Waals surface area contributed by atoms with Gasteiger partial charge in [0, 0.05) is 44.1 Å². The van der Waals surface area contributed by atoms with Gasteiger partial charge in [0.15, 0.2) is 0 Å². The van der Waals surface area contributed by atoms with Crippen LogP contribution in [0.5, 0.6) is 0 Å². The lowest BCUT2D eigenvalue weighted by atomic mass is 10.1. The predicted molar refractivity (Wildman–Crippen MR) is 117 cm³/mol. The molecule has 3 rings (SSSR count). The molecule has 3 aromatic rings. The normalized spacial score (nSPS) is 10.9. The number of fused-ring (bicyclic) bond motifs is 1. The molecule has 0 saturated carbocycles. The summed E-state index contributed by atoms with van der Waals surface area (Å²) in [5.41, 5.74) is 2.60. The maximum absolute atomic E-state index is 13.0. The first-order chi connectivity index (χ1) is 14.0. The van der Waals surface area contributed by atoms with Gasteiger partial charge in [-0.2, -0.15) is 0 Å². The number of hydrogen-bond acceptors (Lipinski definition) is 3. The van der Waals surface area contributed by atoms with E-state index in [1.165, 1.54) is 6.92 Å². The van der Waals surface area contributed by atoms with Gasteiger partial charge in [0.1, 0.15) is 0 Å². The van der Waals surface area contributed by atoms with E-state index in [1.807, 2.05) is 79.4 Å². The molecule has 0 aliphatic carbocycles. The standard InChI is InChI=1S/C24H27N3O2/c1-18(2)27(17-20-9-5-4-6-10-20)23(29)14-16-26(19(3)28)22-13-7-11-21-12-8-15-25-24(21)22/h4-13,15,18H,14,16-17H2,1-3H3. The van der Waals surface area contributed by atoms with Gasteiger partial charge in [-0.3, -0.25) is 14.6 Å². The van der Waals surface area contributed by atoms with E-state index in [4.69, 9.17) is 0 Å². The molecule has 1 heterocycles. The van der Waals surface area contributed by atoms with Crippen LogP contribution in [-0.2, 0) is 16.1 Å². The Balaban J connectivity index is 1.77. The zero-order valence-corrected chi connectivity index (χ0v) is 17.2. The number of carbonyl (C=O) groups is 2. The van der Waals surface area contributed by atoms with E-state index in [0.29, 0.717) is 13.1 Å². The van der Waals surface area contributed by atoms with Crippen LogP contribution < -0.4 is 4.90 Å². The molecule has 0 atom stereocenters. The van der Waals surface area contributed by atoms with Crippen molar-refractivity contribution in [2.24, 2.45) is 0 Å². The van der Waals surface area contributed by atoms with Gasteiger partial charge >= 0.3 is 0 Å². The van der Waals surface area contributed by atoms with Gasteiger partial charge in [-0.1, -0.05) is 48.5 Å². The van der Waals surface area contributed by atoms with Gasteiger partial charge in [-0.15, -0.1) is 0 Å². The molecule has 0 bridgehead atoms. The van der Waals surface area contributed by atoms with E-state index < -0.39 is 0 Å². The Bertz CT molecular complexity index is 980. The highest BCUT2D eigenvalue weighted by Crippen LogP contribution is 2.25. The lowest BCUT2D eigenvalue weighted by molar-refractivity contribution is -0.133. The van der Waals surface area contributed by atoms with Crippen molar-refractivity contribution in [3.63, 3.8) is 0 Å². The second-order valence-electron chi connectivity index (χ2n) is 7.37. The molecule has 0 spiro atoms. The van der Waals surface area contributed by atoms with Gasteiger partial charge in [0.2, 0.25) is 11.8 Å². The van der Waals surface area contributed by atoms with Gasteiger partial charge in [-0.25, -0.2) is 0 Å². The highest BCUT2D eigenvalue weighted by Gasteiger charge is 2.21. The molecular formula is C24H27N3O2. The molecule has 150 valence electrons. The smallest absolute Gasteiger partial charge is 0.224 e. The molecule has 0 N–H and O–H groups in total. The summed E-state index contributed by atoms with van der Waals surface area (Å²) in [4.78, 5) is 33.3. The molecule has 29 heavy (non-hydrogen) atoms. The minimum Gasteiger partial charge on any atom is -0.336 e. The lowest BCUT2D eigenvalue weighted by Gasteiger charge is -2.29. The van der Waals surface area contributed by atoms with Crippen molar-refractivity contribution >= 4 is 28.4 Å². The van der Waals surface area contributed by atoms with Gasteiger partial charge in [-0.05, 0) is 31.5 Å². The van der Waals surface area contributed by atoms with Crippen molar-refractivity contribution in [3.05, 3.63) is 72.4 Å². The van der Waals surface area contributed by atoms with E-state index in [1.54, 1.807) is 11.1 Å². The third-order valence-corrected chi connectivity index (χ3v) is 4.97. The number of anilines is 1. The van der Waals surface area contributed by atoms with Crippen molar-refractivity contribution in [2.75, 3.05) is 11.4 Å². The van der Waals surface area contributed by atoms with Crippen molar-refractivity contribution < 1.29 is 9.59 Å². The van der Waals surface area contributed by atoms with Crippen LogP contribution in [0.1, 0.15) is 32.8 Å². The molecule has 0 unspecified atom stereocenters. The molecule has 2 aromatic carbocycles. The number of pyridine rings is 1.